The zero-order valence-electron chi connectivity index (χ0n) is 26.2. The maximum absolute atomic E-state index is 13.6. The van der Waals surface area contributed by atoms with E-state index in [9.17, 15) is 19.5 Å². The molecule has 3 atom stereocenters. The quantitative estimate of drug-likeness (QED) is 0.268. The second-order valence-electron chi connectivity index (χ2n) is 11.9. The third-order valence-electron chi connectivity index (χ3n) is 8.36. The molecule has 3 N–H and O–H groups in total. The summed E-state index contributed by atoms with van der Waals surface area (Å²) in [5, 5.41) is 16.9. The molecule has 0 radical (unpaired) electrons. The molecule has 236 valence electrons. The molecule has 4 amide bonds. The van der Waals surface area contributed by atoms with Crippen molar-refractivity contribution in [2.75, 3.05) is 37.4 Å². The molecule has 1 aliphatic rings. The van der Waals surface area contributed by atoms with Gasteiger partial charge in [0.05, 0.1) is 32.0 Å². The second-order valence-corrected chi connectivity index (χ2v) is 11.9. The van der Waals surface area contributed by atoms with E-state index in [1.807, 2.05) is 86.3 Å². The number of aromatic nitrogens is 1. The zero-order valence-corrected chi connectivity index (χ0v) is 26.2. The molecular weight excluding hydrogens is 570 g/mol. The van der Waals surface area contributed by atoms with Gasteiger partial charge in [0.2, 0.25) is 11.8 Å². The molecule has 1 aromatic heterocycles. The lowest BCUT2D eigenvalue weighted by Gasteiger charge is -2.34. The third-order valence-corrected chi connectivity index (χ3v) is 8.36. The molecule has 0 saturated carbocycles. The molecule has 0 bridgehead atoms. The Morgan fingerprint density at radius 2 is 1.78 bits per heavy atom. The van der Waals surface area contributed by atoms with Crippen LogP contribution in [0.3, 0.4) is 0 Å². The summed E-state index contributed by atoms with van der Waals surface area (Å²) in [5.74, 6) is 0.0292. The minimum absolute atomic E-state index is 0.0382. The second kappa shape index (κ2) is 13.9. The van der Waals surface area contributed by atoms with E-state index in [0.717, 1.165) is 16.5 Å². The number of rotatable bonds is 8. The van der Waals surface area contributed by atoms with Crippen molar-refractivity contribution in [2.24, 2.45) is 13.0 Å². The predicted molar refractivity (Wildman–Crippen MR) is 175 cm³/mol. The normalized spacial score (nSPS) is 17.4. The summed E-state index contributed by atoms with van der Waals surface area (Å²) in [4.78, 5) is 42.9. The fourth-order valence-corrected chi connectivity index (χ4v) is 5.76. The third kappa shape index (κ3) is 7.46. The van der Waals surface area contributed by atoms with E-state index in [2.05, 4.69) is 10.6 Å². The number of nitrogens with one attached hydrogen (secondary N) is 2. The lowest BCUT2D eigenvalue weighted by atomic mass is 10.0. The van der Waals surface area contributed by atoms with Gasteiger partial charge < -0.3 is 34.8 Å². The summed E-state index contributed by atoms with van der Waals surface area (Å²) in [6.07, 6.45) is 1.75. The highest BCUT2D eigenvalue weighted by Gasteiger charge is 2.32. The molecule has 0 saturated heterocycles. The minimum atomic E-state index is -0.457. The van der Waals surface area contributed by atoms with E-state index in [1.54, 1.807) is 35.0 Å². The average Bonchev–Trinajstić information content (AvgIpc) is 3.36. The van der Waals surface area contributed by atoms with Crippen molar-refractivity contribution in [2.45, 2.75) is 38.8 Å². The number of anilines is 2. The highest BCUT2D eigenvalue weighted by atomic mass is 16.5. The first kappa shape index (κ1) is 31.6. The van der Waals surface area contributed by atoms with E-state index in [-0.39, 0.29) is 49.8 Å². The number of carbonyl (C=O) groups excluding carboxylic acids is 3. The Kier molecular flexibility index (Phi) is 9.73. The lowest BCUT2D eigenvalue weighted by molar-refractivity contribution is -0.134. The number of benzene rings is 3. The van der Waals surface area contributed by atoms with Crippen molar-refractivity contribution in [3.63, 3.8) is 0 Å². The van der Waals surface area contributed by atoms with Crippen LogP contribution in [-0.2, 0) is 29.5 Å². The highest BCUT2D eigenvalue weighted by Crippen LogP contribution is 2.30. The fraction of sp³-hybridized carbons (Fsp3) is 0.343. The maximum atomic E-state index is 13.6. The van der Waals surface area contributed by atoms with Gasteiger partial charge in [0.15, 0.2) is 0 Å². The van der Waals surface area contributed by atoms with Gasteiger partial charge in [0.25, 0.3) is 0 Å². The van der Waals surface area contributed by atoms with Crippen molar-refractivity contribution in [1.29, 1.82) is 0 Å². The van der Waals surface area contributed by atoms with Crippen molar-refractivity contribution >= 4 is 40.1 Å². The standard InChI is InChI=1S/C35H41N5O5/c1-23-19-40(24(2)22-41)34(43)18-25-16-28(36-33(42)17-26-20-38(3)30-13-9-8-12-29(26)30)14-15-31(25)45-32(23)21-39(4)35(44)37-27-10-6-5-7-11-27/h5-16,20,23-24,32,41H,17-19,21-22H2,1-4H3,(H,36,42)(H,37,44)/t23-,24+,32-/m1/s1. The van der Waals surface area contributed by atoms with Crippen molar-refractivity contribution in [1.82, 2.24) is 14.4 Å². The topological polar surface area (TPSA) is 116 Å². The zero-order chi connectivity index (χ0) is 32.1. The Morgan fingerprint density at radius 3 is 2.53 bits per heavy atom. The Bertz CT molecular complexity index is 1670. The molecule has 5 rings (SSSR count). The number of fused-ring (bicyclic) bond motifs is 2. The van der Waals surface area contributed by atoms with Crippen LogP contribution in [0.5, 0.6) is 5.75 Å². The van der Waals surface area contributed by atoms with Crippen LogP contribution in [0.1, 0.15) is 25.0 Å². The number of para-hydroxylation sites is 2. The summed E-state index contributed by atoms with van der Waals surface area (Å²) in [7, 11) is 3.66. The van der Waals surface area contributed by atoms with E-state index < -0.39 is 12.1 Å². The monoisotopic (exact) mass is 611 g/mol. The average molecular weight is 612 g/mol. The van der Waals surface area contributed by atoms with Crippen LogP contribution >= 0.6 is 0 Å². The number of ether oxygens (including phenoxy) is 1. The summed E-state index contributed by atoms with van der Waals surface area (Å²) >= 11 is 0. The highest BCUT2D eigenvalue weighted by molar-refractivity contribution is 5.96. The first-order valence-electron chi connectivity index (χ1n) is 15.2. The molecule has 2 heterocycles. The first-order valence-corrected chi connectivity index (χ1v) is 15.2. The summed E-state index contributed by atoms with van der Waals surface area (Å²) in [6, 6.07) is 21.8. The van der Waals surface area contributed by atoms with E-state index in [4.69, 9.17) is 4.74 Å². The van der Waals surface area contributed by atoms with Crippen LogP contribution in [0.2, 0.25) is 0 Å². The number of amides is 4. The van der Waals surface area contributed by atoms with Crippen molar-refractivity contribution < 1.29 is 24.2 Å². The van der Waals surface area contributed by atoms with Gasteiger partial charge in [0, 0.05) is 60.6 Å². The Labute approximate surface area is 263 Å². The SMILES string of the molecule is C[C@@H]1CN([C@@H](C)CO)C(=O)Cc2cc(NC(=O)Cc3cn(C)c4ccccc34)ccc2O[C@@H]1CN(C)C(=O)Nc1ccccc1. The predicted octanol–water partition coefficient (Wildman–Crippen LogP) is 4.67. The molecule has 0 spiro atoms. The molecule has 3 aromatic carbocycles. The number of urea groups is 1. The number of nitrogens with zero attached hydrogens (tertiary/aromatic N) is 3. The first-order chi connectivity index (χ1) is 21.6. The largest absolute Gasteiger partial charge is 0.488 e. The number of hydrogen-bond donors (Lipinski definition) is 3. The summed E-state index contributed by atoms with van der Waals surface area (Å²) in [6.45, 7) is 4.22. The van der Waals surface area contributed by atoms with Gasteiger partial charge in [-0.2, -0.15) is 0 Å². The maximum Gasteiger partial charge on any atom is 0.321 e. The van der Waals surface area contributed by atoms with E-state index in [0.29, 0.717) is 29.2 Å². The number of carbonyl (C=O) groups is 3. The lowest BCUT2D eigenvalue weighted by Crippen LogP contribution is -2.48. The van der Waals surface area contributed by atoms with Crippen LogP contribution in [0, 0.1) is 5.92 Å². The molecule has 0 unspecified atom stereocenters. The molecule has 1 aliphatic heterocycles. The van der Waals surface area contributed by atoms with Crippen LogP contribution < -0.4 is 15.4 Å². The van der Waals surface area contributed by atoms with Crippen LogP contribution in [0.15, 0.2) is 79.0 Å². The van der Waals surface area contributed by atoms with Crippen LogP contribution in [0.25, 0.3) is 10.9 Å². The number of aryl methyl sites for hydroxylation is 1. The minimum Gasteiger partial charge on any atom is -0.488 e. The fourth-order valence-electron chi connectivity index (χ4n) is 5.76. The molecule has 10 nitrogen and oxygen atoms in total. The Hall–Kier alpha value is -4.83. The van der Waals surface area contributed by atoms with Gasteiger partial charge in [-0.1, -0.05) is 43.3 Å². The van der Waals surface area contributed by atoms with Crippen LogP contribution in [0.4, 0.5) is 16.2 Å². The molecule has 0 fully saturated rings. The van der Waals surface area contributed by atoms with Crippen LogP contribution in [-0.4, -0.2) is 76.2 Å². The Morgan fingerprint density at radius 1 is 1.04 bits per heavy atom. The molecular formula is C35H41N5O5. The number of aliphatic hydroxyl groups excluding tert-OH is 1. The Balaban J connectivity index is 1.36. The van der Waals surface area contributed by atoms with E-state index in [1.165, 1.54) is 0 Å². The van der Waals surface area contributed by atoms with Crippen molar-refractivity contribution in [3.05, 3.63) is 90.1 Å². The van der Waals surface area contributed by atoms with Crippen molar-refractivity contribution in [3.8, 4) is 5.75 Å². The van der Waals surface area contributed by atoms with E-state index >= 15 is 0 Å². The van der Waals surface area contributed by atoms with Gasteiger partial charge in [-0.15, -0.1) is 0 Å². The van der Waals surface area contributed by atoms with Gasteiger partial charge in [-0.05, 0) is 48.9 Å². The molecule has 4 aromatic rings. The number of aliphatic hydroxyl groups is 1. The summed E-state index contributed by atoms with van der Waals surface area (Å²) < 4.78 is 8.55. The number of likely N-dealkylation sites (N-methyl/N-ethyl adjacent to an activating group) is 1. The summed E-state index contributed by atoms with van der Waals surface area (Å²) in [5.41, 5.74) is 3.85. The number of hydrogen-bond acceptors (Lipinski definition) is 5. The molecule has 10 heteroatoms. The van der Waals surface area contributed by atoms with Gasteiger partial charge in [0.1, 0.15) is 11.9 Å². The van der Waals surface area contributed by atoms with Gasteiger partial charge in [-0.3, -0.25) is 9.59 Å². The smallest absolute Gasteiger partial charge is 0.321 e. The molecule has 0 aliphatic carbocycles. The van der Waals surface area contributed by atoms with Gasteiger partial charge >= 0.3 is 6.03 Å². The molecule has 45 heavy (non-hydrogen) atoms. The van der Waals surface area contributed by atoms with Gasteiger partial charge in [-0.25, -0.2) is 4.79 Å².